The second-order valence-corrected chi connectivity index (χ2v) is 11.0. The molecule has 0 N–H and O–H groups in total. The third kappa shape index (κ3) is 4.00. The zero-order valence-corrected chi connectivity index (χ0v) is 25.3. The molecule has 0 bridgehead atoms. The topological polar surface area (TPSA) is 23.0 Å². The summed E-state index contributed by atoms with van der Waals surface area (Å²) < 4.78 is 279. The Labute approximate surface area is 336 Å². The molecule has 0 aliphatic heterocycles. The lowest BCUT2D eigenvalue weighted by Gasteiger charge is -2.13. The summed E-state index contributed by atoms with van der Waals surface area (Å²) in [5, 5.41) is -3.92. The van der Waals surface area contributed by atoms with Crippen molar-refractivity contribution < 1.29 is 45.5 Å². The Hall–Kier alpha value is -6.84. The van der Waals surface area contributed by atoms with Gasteiger partial charge in [0.1, 0.15) is 11.2 Å². The van der Waals surface area contributed by atoms with Crippen molar-refractivity contribution in [1.82, 2.24) is 9.13 Å². The van der Waals surface area contributed by atoms with Crippen molar-refractivity contribution in [2.24, 2.45) is 0 Å². The monoisotopic (exact) mass is 680 g/mol. The highest BCUT2D eigenvalue weighted by molar-refractivity contribution is 6.23. The van der Waals surface area contributed by atoms with Crippen molar-refractivity contribution in [3.8, 4) is 33.6 Å². The zero-order valence-electron chi connectivity index (χ0n) is 55.3. The van der Waals surface area contributed by atoms with E-state index in [1.165, 1.54) is 0 Å². The van der Waals surface area contributed by atoms with Crippen LogP contribution in [-0.4, -0.2) is 9.13 Å². The van der Waals surface area contributed by atoms with E-state index in [1.54, 1.807) is 0 Å². The van der Waals surface area contributed by atoms with Crippen LogP contribution < -0.4 is 0 Å². The highest BCUT2D eigenvalue weighted by atomic mass is 16.3. The summed E-state index contributed by atoms with van der Waals surface area (Å²) in [6.45, 7) is 0. The average molecular weight is 681 g/mol. The highest BCUT2D eigenvalue weighted by Gasteiger charge is 2.23. The smallest absolute Gasteiger partial charge is 0.145 e. The predicted octanol–water partition coefficient (Wildman–Crippen LogP) is 13.1. The molecule has 0 atom stereocenters. The second-order valence-electron chi connectivity index (χ2n) is 11.0. The molecule has 3 aromatic heterocycles. The summed E-state index contributed by atoms with van der Waals surface area (Å²) >= 11 is 0. The lowest BCUT2D eigenvalue weighted by atomic mass is 9.95. The molecule has 0 spiro atoms. The van der Waals surface area contributed by atoms with E-state index in [0.29, 0.717) is 4.57 Å². The van der Waals surface area contributed by atoms with Gasteiger partial charge in [-0.15, -0.1) is 0 Å². The molecule has 0 saturated carbocycles. The third-order valence-corrected chi connectivity index (χ3v) is 8.48. The molecule has 11 aromatic rings. The van der Waals surface area contributed by atoms with Gasteiger partial charge in [0.15, 0.2) is 0 Å². The summed E-state index contributed by atoms with van der Waals surface area (Å²) in [6, 6.07) is -29.0. The number of hydrogen-bond acceptors (Lipinski definition) is 1. The van der Waals surface area contributed by atoms with E-state index in [1.807, 2.05) is 0 Å². The lowest BCUT2D eigenvalue weighted by Crippen LogP contribution is -1.95. The van der Waals surface area contributed by atoms with Crippen LogP contribution in [0.2, 0.25) is 0 Å². The number of furan rings is 1. The van der Waals surface area contributed by atoms with E-state index >= 15 is 0 Å². The van der Waals surface area contributed by atoms with Crippen LogP contribution in [0.5, 0.6) is 0 Å². The summed E-state index contributed by atoms with van der Waals surface area (Å²) in [4.78, 5) is 0. The molecule has 8 aromatic carbocycles. The first-order chi connectivity index (χ1) is 37.8. The standard InChI is InChI=1S/C48H30N2O/c1-3-15-31(16-4-1)33-29-30-43(47-38-21-9-12-28-44(38)51-48(33)47)50-40-25-11-8-20-37(40)46-35(23-14-27-42(46)50)34-22-13-26-41-45(34)36-19-7-10-24-39(36)49(41)32-17-5-2-6-18-32/h1-30H/i1D,2D,3D,4D,5D,6D,7D,8D,9D,10D,11D,12D,13D,14D,15D,16D,17D,18D,19D,20D,21D,22D,23D,24D,25D,26D,27D,28D,29D,30D. The van der Waals surface area contributed by atoms with Gasteiger partial charge in [0.2, 0.25) is 0 Å². The van der Waals surface area contributed by atoms with Gasteiger partial charge in [0.05, 0.1) is 74.3 Å². The van der Waals surface area contributed by atoms with E-state index < -0.39 is 280 Å². The van der Waals surface area contributed by atoms with Crippen LogP contribution >= 0.6 is 0 Å². The number of nitrogens with zero attached hydrogens (tertiary/aromatic N) is 2. The van der Waals surface area contributed by atoms with Gasteiger partial charge in [-0.05, 0) is 71.1 Å². The van der Waals surface area contributed by atoms with Crippen LogP contribution in [0.15, 0.2) is 186 Å². The quantitative estimate of drug-likeness (QED) is 0.181. The Morgan fingerprint density at radius 3 is 1.59 bits per heavy atom. The number of benzene rings is 8. The molecule has 0 aliphatic rings. The van der Waals surface area contributed by atoms with Crippen LogP contribution in [0.3, 0.4) is 0 Å². The third-order valence-electron chi connectivity index (χ3n) is 8.48. The number of para-hydroxylation sites is 4. The SMILES string of the molecule is [2H]c1c([2H])c([2H])c(-c2c([2H])c([2H])c(-n3c4c([2H])c([2H])c([2H])c([2H])c4c4c(-c5c([2H])c([2H])c([2H])c6c5c5c([2H])c([2H])c([2H])c([2H])c5n6-c5c([2H])c([2H])c([2H])c([2H])c5[2H])c([2H])c([2H])c([2H])c43)c3c2oc2c([2H])c([2H])c([2H])c([2H])c23)c([2H])c1[2H]. The number of aromatic nitrogens is 2. The zero-order chi connectivity index (χ0) is 59.6. The van der Waals surface area contributed by atoms with Crippen molar-refractivity contribution >= 4 is 65.6 Å². The molecule has 3 heteroatoms. The predicted molar refractivity (Wildman–Crippen MR) is 213 cm³/mol. The summed E-state index contributed by atoms with van der Waals surface area (Å²) in [7, 11) is 0. The molecule has 0 fully saturated rings. The number of rotatable bonds is 4. The van der Waals surface area contributed by atoms with Crippen molar-refractivity contribution in [2.45, 2.75) is 0 Å². The van der Waals surface area contributed by atoms with E-state index in [-0.39, 0.29) is 0 Å². The molecule has 0 aliphatic carbocycles. The van der Waals surface area contributed by atoms with Crippen LogP contribution in [0.1, 0.15) is 41.1 Å². The molecule has 11 rings (SSSR count). The molecule has 3 heterocycles. The summed E-state index contributed by atoms with van der Waals surface area (Å²) in [6.07, 6.45) is 0. The second kappa shape index (κ2) is 10.8. The molecule has 238 valence electrons. The van der Waals surface area contributed by atoms with E-state index in [9.17, 15) is 17.8 Å². The Morgan fingerprint density at radius 1 is 0.373 bits per heavy atom. The Balaban J connectivity index is 1.48. The molecule has 51 heavy (non-hydrogen) atoms. The van der Waals surface area contributed by atoms with Crippen LogP contribution in [-0.2, 0) is 0 Å². The maximum atomic E-state index is 9.90. The van der Waals surface area contributed by atoms with E-state index in [0.717, 1.165) is 4.57 Å². The Morgan fingerprint density at radius 2 is 0.902 bits per heavy atom. The first kappa shape index (κ1) is 11.6. The Bertz CT molecular complexity index is 4820. The summed E-state index contributed by atoms with van der Waals surface area (Å²) in [5.74, 6) is 0. The first-order valence-corrected chi connectivity index (χ1v) is 15.0. The number of fused-ring (bicyclic) bond motifs is 9. The van der Waals surface area contributed by atoms with Gasteiger partial charge in [-0.2, -0.15) is 0 Å². The van der Waals surface area contributed by atoms with E-state index in [4.69, 9.17) is 27.7 Å². The molecule has 0 saturated heterocycles. The van der Waals surface area contributed by atoms with Gasteiger partial charge in [-0.3, -0.25) is 0 Å². The molecule has 0 amide bonds. The van der Waals surface area contributed by atoms with Gasteiger partial charge in [0.25, 0.3) is 0 Å². The fourth-order valence-corrected chi connectivity index (χ4v) is 6.51. The first-order valence-electron chi connectivity index (χ1n) is 30.0. The van der Waals surface area contributed by atoms with Crippen molar-refractivity contribution in [3.05, 3.63) is 181 Å². The minimum atomic E-state index is -1.11. The maximum Gasteiger partial charge on any atom is 0.145 e. The maximum absolute atomic E-state index is 9.90. The molecule has 0 unspecified atom stereocenters. The fraction of sp³-hybridized carbons (Fsp3) is 0. The largest absolute Gasteiger partial charge is 0.455 e. The van der Waals surface area contributed by atoms with Gasteiger partial charge in [0, 0.05) is 38.2 Å². The molecular formula is C48H30N2O. The minimum absolute atomic E-state index is 0.603. The van der Waals surface area contributed by atoms with Gasteiger partial charge in [-0.1, -0.05) is 127 Å². The van der Waals surface area contributed by atoms with Crippen molar-refractivity contribution in [2.75, 3.05) is 0 Å². The lowest BCUT2D eigenvalue weighted by molar-refractivity contribution is 0.670. The average Bonchev–Trinajstić information content (AvgIpc) is 2.08. The van der Waals surface area contributed by atoms with E-state index in [2.05, 4.69) is 0 Å². The highest BCUT2D eigenvalue weighted by Crippen LogP contribution is 2.46. The van der Waals surface area contributed by atoms with Gasteiger partial charge >= 0.3 is 0 Å². The van der Waals surface area contributed by atoms with Gasteiger partial charge < -0.3 is 13.6 Å². The van der Waals surface area contributed by atoms with Gasteiger partial charge in [-0.25, -0.2) is 0 Å². The van der Waals surface area contributed by atoms with Crippen molar-refractivity contribution in [1.29, 1.82) is 0 Å². The molecule has 3 nitrogen and oxygen atoms in total. The normalized spacial score (nSPS) is 20.2. The number of hydrogen-bond donors (Lipinski definition) is 0. The fourth-order valence-electron chi connectivity index (χ4n) is 6.51. The van der Waals surface area contributed by atoms with Crippen molar-refractivity contribution in [3.63, 3.8) is 0 Å². The van der Waals surface area contributed by atoms with Crippen LogP contribution in [0.4, 0.5) is 0 Å². The molecule has 0 radical (unpaired) electrons. The van der Waals surface area contributed by atoms with Crippen LogP contribution in [0, 0.1) is 0 Å². The minimum Gasteiger partial charge on any atom is -0.455 e. The Kier molecular flexibility index (Phi) is 2.47. The van der Waals surface area contributed by atoms with Crippen LogP contribution in [0.25, 0.3) is 99.2 Å². The summed E-state index contributed by atoms with van der Waals surface area (Å²) in [5.41, 5.74) is -9.04. The molecular weight excluding hydrogens is 621 g/mol.